The van der Waals surface area contributed by atoms with Crippen molar-refractivity contribution in [1.29, 1.82) is 0 Å². The summed E-state index contributed by atoms with van der Waals surface area (Å²) >= 11 is 0. The van der Waals surface area contributed by atoms with E-state index in [1.807, 2.05) is 30.3 Å². The second-order valence-corrected chi connectivity index (χ2v) is 5.32. The van der Waals surface area contributed by atoms with Gasteiger partial charge in [-0.1, -0.05) is 30.3 Å². The first-order valence-corrected chi connectivity index (χ1v) is 6.90. The van der Waals surface area contributed by atoms with Crippen LogP contribution in [0.25, 0.3) is 0 Å². The summed E-state index contributed by atoms with van der Waals surface area (Å²) < 4.78 is 19.4. The number of hydrogen-bond acceptors (Lipinski definition) is 2. The van der Waals surface area contributed by atoms with Crippen molar-refractivity contribution in [2.45, 2.75) is 25.3 Å². The number of benzene rings is 2. The van der Waals surface area contributed by atoms with Gasteiger partial charge in [0.2, 0.25) is 0 Å². The molecule has 0 radical (unpaired) electrons. The third-order valence-electron chi connectivity index (χ3n) is 4.02. The van der Waals surface area contributed by atoms with Gasteiger partial charge in [0.15, 0.2) is 0 Å². The lowest BCUT2D eigenvalue weighted by Gasteiger charge is -2.30. The first-order chi connectivity index (χ1) is 9.66. The van der Waals surface area contributed by atoms with Crippen LogP contribution in [0.15, 0.2) is 42.5 Å². The summed E-state index contributed by atoms with van der Waals surface area (Å²) in [4.78, 5) is 0. The minimum atomic E-state index is -0.213. The molecule has 0 aliphatic carbocycles. The summed E-state index contributed by atoms with van der Waals surface area (Å²) in [7, 11) is 0. The lowest BCUT2D eigenvalue weighted by molar-refractivity contribution is 0.255. The van der Waals surface area contributed by atoms with Crippen LogP contribution in [0, 0.1) is 12.7 Å². The zero-order chi connectivity index (χ0) is 14.1. The van der Waals surface area contributed by atoms with Crippen molar-refractivity contribution in [1.82, 2.24) is 0 Å². The van der Waals surface area contributed by atoms with Crippen LogP contribution in [0.2, 0.25) is 0 Å². The fourth-order valence-electron chi connectivity index (χ4n) is 2.79. The molecule has 104 valence electrons. The molecular formula is C17H18FNO. The van der Waals surface area contributed by atoms with E-state index in [1.54, 1.807) is 19.1 Å². The van der Waals surface area contributed by atoms with Crippen LogP contribution in [0.4, 0.5) is 4.39 Å². The third kappa shape index (κ3) is 2.29. The van der Waals surface area contributed by atoms with Crippen molar-refractivity contribution in [3.8, 4) is 5.75 Å². The number of rotatable bonds is 2. The molecule has 2 N–H and O–H groups in total. The molecule has 3 rings (SSSR count). The molecule has 3 heteroatoms. The minimum absolute atomic E-state index is 0.169. The van der Waals surface area contributed by atoms with Crippen LogP contribution in [-0.2, 0) is 0 Å². The number of para-hydroxylation sites is 1. The second kappa shape index (κ2) is 5.25. The molecule has 0 aromatic heterocycles. The van der Waals surface area contributed by atoms with Gasteiger partial charge in [0.05, 0.1) is 6.61 Å². The average molecular weight is 271 g/mol. The Kier molecular flexibility index (Phi) is 3.45. The molecule has 0 saturated carbocycles. The molecule has 1 aliphatic heterocycles. The molecular weight excluding hydrogens is 253 g/mol. The van der Waals surface area contributed by atoms with E-state index in [1.165, 1.54) is 0 Å². The van der Waals surface area contributed by atoms with Crippen molar-refractivity contribution in [2.75, 3.05) is 6.61 Å². The molecule has 2 nitrogen and oxygen atoms in total. The summed E-state index contributed by atoms with van der Waals surface area (Å²) in [6, 6.07) is 13.0. The summed E-state index contributed by atoms with van der Waals surface area (Å²) in [5.74, 6) is 0.868. The van der Waals surface area contributed by atoms with Gasteiger partial charge in [-0.15, -0.1) is 0 Å². The monoisotopic (exact) mass is 271 g/mol. The van der Waals surface area contributed by atoms with Gasteiger partial charge in [-0.05, 0) is 42.2 Å². The van der Waals surface area contributed by atoms with E-state index in [0.717, 1.165) is 23.3 Å². The molecule has 0 bridgehead atoms. The van der Waals surface area contributed by atoms with Crippen LogP contribution < -0.4 is 10.5 Å². The van der Waals surface area contributed by atoms with E-state index in [4.69, 9.17) is 10.5 Å². The highest BCUT2D eigenvalue weighted by atomic mass is 19.1. The van der Waals surface area contributed by atoms with Gasteiger partial charge in [-0.25, -0.2) is 4.39 Å². The van der Waals surface area contributed by atoms with E-state index in [0.29, 0.717) is 12.2 Å². The van der Waals surface area contributed by atoms with Gasteiger partial charge in [0.1, 0.15) is 11.6 Å². The van der Waals surface area contributed by atoms with Gasteiger partial charge >= 0.3 is 0 Å². The van der Waals surface area contributed by atoms with E-state index in [2.05, 4.69) is 0 Å². The summed E-state index contributed by atoms with van der Waals surface area (Å²) in [5, 5.41) is 0. The number of ether oxygens (including phenoxy) is 1. The lowest BCUT2D eigenvalue weighted by atomic mass is 9.83. The van der Waals surface area contributed by atoms with E-state index >= 15 is 0 Å². The van der Waals surface area contributed by atoms with E-state index in [-0.39, 0.29) is 17.8 Å². The fraction of sp³-hybridized carbons (Fsp3) is 0.294. The first-order valence-electron chi connectivity index (χ1n) is 6.90. The van der Waals surface area contributed by atoms with Gasteiger partial charge in [0, 0.05) is 12.0 Å². The predicted molar refractivity (Wildman–Crippen MR) is 77.4 cm³/mol. The molecule has 20 heavy (non-hydrogen) atoms. The van der Waals surface area contributed by atoms with Crippen molar-refractivity contribution >= 4 is 0 Å². The maximum atomic E-state index is 13.7. The smallest absolute Gasteiger partial charge is 0.126 e. The molecule has 2 aromatic carbocycles. The van der Waals surface area contributed by atoms with Crippen molar-refractivity contribution < 1.29 is 9.13 Å². The predicted octanol–water partition coefficient (Wildman–Crippen LogP) is 3.70. The molecule has 1 aliphatic rings. The van der Waals surface area contributed by atoms with Crippen LogP contribution in [0.5, 0.6) is 5.75 Å². The quantitative estimate of drug-likeness (QED) is 0.904. The Bertz CT molecular complexity index is 626. The van der Waals surface area contributed by atoms with Gasteiger partial charge in [-0.2, -0.15) is 0 Å². The van der Waals surface area contributed by atoms with Gasteiger partial charge < -0.3 is 10.5 Å². The normalized spacial score (nSPS) is 19.1. The lowest BCUT2D eigenvalue weighted by Crippen LogP contribution is -2.25. The SMILES string of the molecule is Cc1ccc(C(N)C2CCOc3ccccc32)cc1F. The van der Waals surface area contributed by atoms with Crippen LogP contribution in [0.3, 0.4) is 0 Å². The Morgan fingerprint density at radius 1 is 1.25 bits per heavy atom. The van der Waals surface area contributed by atoms with Crippen molar-refractivity contribution in [2.24, 2.45) is 5.73 Å². The largest absolute Gasteiger partial charge is 0.493 e. The van der Waals surface area contributed by atoms with Gasteiger partial charge in [-0.3, -0.25) is 0 Å². The Balaban J connectivity index is 1.95. The molecule has 2 atom stereocenters. The molecule has 0 fully saturated rings. The molecule has 0 spiro atoms. The zero-order valence-electron chi connectivity index (χ0n) is 11.5. The molecule has 0 amide bonds. The fourth-order valence-corrected chi connectivity index (χ4v) is 2.79. The Hall–Kier alpha value is -1.87. The Morgan fingerprint density at radius 2 is 2.05 bits per heavy atom. The van der Waals surface area contributed by atoms with Crippen LogP contribution in [-0.4, -0.2) is 6.61 Å². The first kappa shape index (κ1) is 13.1. The summed E-state index contributed by atoms with van der Waals surface area (Å²) in [5.41, 5.74) is 8.99. The van der Waals surface area contributed by atoms with Crippen LogP contribution in [0.1, 0.15) is 35.1 Å². The molecule has 1 heterocycles. The molecule has 2 unspecified atom stereocenters. The standard InChI is InChI=1S/C17H18FNO/c1-11-6-7-12(10-15(11)18)17(19)14-8-9-20-16-5-3-2-4-13(14)16/h2-7,10,14,17H,8-9,19H2,1H3. The highest BCUT2D eigenvalue weighted by Crippen LogP contribution is 2.40. The minimum Gasteiger partial charge on any atom is -0.493 e. The maximum Gasteiger partial charge on any atom is 0.126 e. The summed E-state index contributed by atoms with van der Waals surface area (Å²) in [6.45, 7) is 2.41. The summed E-state index contributed by atoms with van der Waals surface area (Å²) in [6.07, 6.45) is 0.855. The number of hydrogen-bond donors (Lipinski definition) is 1. The second-order valence-electron chi connectivity index (χ2n) is 5.32. The molecule has 2 aromatic rings. The van der Waals surface area contributed by atoms with Crippen molar-refractivity contribution in [3.05, 3.63) is 65.0 Å². The number of halogens is 1. The third-order valence-corrected chi connectivity index (χ3v) is 4.02. The molecule has 0 saturated heterocycles. The number of aryl methyl sites for hydroxylation is 1. The van der Waals surface area contributed by atoms with Crippen molar-refractivity contribution in [3.63, 3.8) is 0 Å². The Morgan fingerprint density at radius 3 is 2.85 bits per heavy atom. The van der Waals surface area contributed by atoms with Crippen LogP contribution >= 0.6 is 0 Å². The average Bonchev–Trinajstić information content (AvgIpc) is 2.49. The highest BCUT2D eigenvalue weighted by Gasteiger charge is 2.27. The van der Waals surface area contributed by atoms with E-state index < -0.39 is 0 Å². The number of fused-ring (bicyclic) bond motifs is 1. The zero-order valence-corrected chi connectivity index (χ0v) is 11.5. The Labute approximate surface area is 118 Å². The van der Waals surface area contributed by atoms with E-state index in [9.17, 15) is 4.39 Å². The highest BCUT2D eigenvalue weighted by molar-refractivity contribution is 5.40. The van der Waals surface area contributed by atoms with Gasteiger partial charge in [0.25, 0.3) is 0 Å². The maximum absolute atomic E-state index is 13.7. The number of nitrogens with two attached hydrogens (primary N) is 1. The topological polar surface area (TPSA) is 35.2 Å².